The van der Waals surface area contributed by atoms with Gasteiger partial charge in [0.25, 0.3) is 0 Å². The van der Waals surface area contributed by atoms with Crippen molar-refractivity contribution in [3.8, 4) is 11.1 Å². The average Bonchev–Trinajstić information content (AvgIpc) is 2.75. The summed E-state index contributed by atoms with van der Waals surface area (Å²) in [5, 5.41) is 6.24. The van der Waals surface area contributed by atoms with Gasteiger partial charge in [-0.2, -0.15) is 11.3 Å². The first kappa shape index (κ1) is 7.77. The molecule has 2 heterocycles. The lowest BCUT2D eigenvalue weighted by Gasteiger charge is -1.86. The molecular weight excluding hydrogens is 184 g/mol. The van der Waals surface area contributed by atoms with Crippen molar-refractivity contribution < 1.29 is 0 Å². The summed E-state index contributed by atoms with van der Waals surface area (Å²) in [4.78, 5) is 0.996. The summed E-state index contributed by atoms with van der Waals surface area (Å²) in [5.74, 6) is 0. The Labute approximate surface area is 79.8 Å². The summed E-state index contributed by atoms with van der Waals surface area (Å²) in [5.41, 5.74) is 2.36. The first-order valence-electron chi connectivity index (χ1n) is 3.48. The molecule has 0 unspecified atom stereocenters. The minimum Gasteiger partial charge on any atom is -0.152 e. The summed E-state index contributed by atoms with van der Waals surface area (Å²) >= 11 is 3.31. The van der Waals surface area contributed by atoms with Crippen LogP contribution in [0.2, 0.25) is 0 Å². The highest BCUT2D eigenvalue weighted by Crippen LogP contribution is 2.26. The maximum Gasteiger partial charge on any atom is 0.0355 e. The molecule has 0 aliphatic heterocycles. The molecule has 0 spiro atoms. The van der Waals surface area contributed by atoms with Crippen molar-refractivity contribution in [2.24, 2.45) is 0 Å². The summed E-state index contributed by atoms with van der Waals surface area (Å²) in [6, 6.07) is 5.30. The Bertz CT molecular complexity index is 368. The van der Waals surface area contributed by atoms with E-state index >= 15 is 0 Å². The van der Waals surface area contributed by atoms with Crippen LogP contribution in [0.3, 0.4) is 0 Å². The van der Waals surface area contributed by atoms with Crippen molar-refractivity contribution in [1.29, 1.82) is 0 Å². The summed E-state index contributed by atoms with van der Waals surface area (Å²) in [7, 11) is 0. The van der Waals surface area contributed by atoms with E-state index in [2.05, 4.69) is 28.3 Å². The monoisotopic (exact) mass is 190 g/mol. The molecular formula is C10H6S2. The minimum atomic E-state index is 0.996. The van der Waals surface area contributed by atoms with Gasteiger partial charge in [-0.15, -0.1) is 11.3 Å². The lowest BCUT2D eigenvalue weighted by Crippen LogP contribution is -1.64. The van der Waals surface area contributed by atoms with Crippen molar-refractivity contribution in [1.82, 2.24) is 0 Å². The van der Waals surface area contributed by atoms with Gasteiger partial charge in [0.1, 0.15) is 0 Å². The van der Waals surface area contributed by atoms with Crippen LogP contribution >= 0.6 is 22.7 Å². The molecule has 0 bridgehead atoms. The highest BCUT2D eigenvalue weighted by molar-refractivity contribution is 7.11. The molecule has 12 heavy (non-hydrogen) atoms. The fraction of sp³-hybridized carbons (Fsp3) is 0. The first-order chi connectivity index (χ1) is 5.90. The quantitative estimate of drug-likeness (QED) is 0.677. The van der Waals surface area contributed by atoms with Gasteiger partial charge in [-0.25, -0.2) is 0 Å². The van der Waals surface area contributed by atoms with E-state index in [1.807, 2.05) is 0 Å². The smallest absolute Gasteiger partial charge is 0.0355 e. The first-order valence-corrected chi connectivity index (χ1v) is 5.31. The highest BCUT2D eigenvalue weighted by Gasteiger charge is 2.00. The summed E-state index contributed by atoms with van der Waals surface area (Å²) in [6.45, 7) is 5.37. The third-order valence-electron chi connectivity index (χ3n) is 1.55. The molecule has 0 nitrogen and oxygen atoms in total. The predicted octanol–water partition coefficient (Wildman–Crippen LogP) is 3.72. The second-order valence-electron chi connectivity index (χ2n) is 2.32. The third kappa shape index (κ3) is 1.36. The van der Waals surface area contributed by atoms with Gasteiger partial charge in [0.2, 0.25) is 0 Å². The second kappa shape index (κ2) is 3.25. The van der Waals surface area contributed by atoms with E-state index < -0.39 is 0 Å². The third-order valence-corrected chi connectivity index (χ3v) is 3.07. The number of rotatable bonds is 2. The van der Waals surface area contributed by atoms with Gasteiger partial charge < -0.3 is 0 Å². The molecule has 0 N–H and O–H groups in total. The Kier molecular flexibility index (Phi) is 2.11. The lowest BCUT2D eigenvalue weighted by atomic mass is 10.2. The molecule has 0 atom stereocenters. The normalized spacial score (nSPS) is 10.0. The van der Waals surface area contributed by atoms with Crippen LogP contribution in [0.1, 0.15) is 4.88 Å². The van der Waals surface area contributed by atoms with Crippen LogP contribution in [0, 0.1) is 12.6 Å². The van der Waals surface area contributed by atoms with E-state index in [0.717, 1.165) is 10.4 Å². The fourth-order valence-electron chi connectivity index (χ4n) is 0.953. The Hall–Kier alpha value is -0.860. The van der Waals surface area contributed by atoms with E-state index in [-0.39, 0.29) is 0 Å². The maximum atomic E-state index is 5.37. The van der Waals surface area contributed by atoms with Gasteiger partial charge in [0.05, 0.1) is 0 Å². The number of hydrogen-bond donors (Lipinski definition) is 0. The van der Waals surface area contributed by atoms with Crippen LogP contribution in [-0.2, 0) is 0 Å². The Morgan fingerprint density at radius 3 is 2.92 bits per heavy atom. The van der Waals surface area contributed by atoms with Crippen molar-refractivity contribution in [2.75, 3.05) is 0 Å². The van der Waals surface area contributed by atoms with Gasteiger partial charge in [0, 0.05) is 16.5 Å². The van der Waals surface area contributed by atoms with Gasteiger partial charge in [-0.05, 0) is 33.8 Å². The Morgan fingerprint density at radius 1 is 1.42 bits per heavy atom. The molecule has 0 aromatic carbocycles. The number of thiophene rings is 2. The average molecular weight is 190 g/mol. The van der Waals surface area contributed by atoms with Crippen LogP contribution in [0.4, 0.5) is 0 Å². The molecule has 0 saturated heterocycles. The number of hydrogen-bond acceptors (Lipinski definition) is 2. The van der Waals surface area contributed by atoms with E-state index in [1.165, 1.54) is 5.56 Å². The van der Waals surface area contributed by atoms with Gasteiger partial charge in [-0.3, -0.25) is 0 Å². The van der Waals surface area contributed by atoms with Crippen LogP contribution in [0.15, 0.2) is 22.2 Å². The highest BCUT2D eigenvalue weighted by atomic mass is 32.1. The van der Waals surface area contributed by atoms with Crippen LogP contribution in [0.5, 0.6) is 0 Å². The molecule has 2 aromatic heterocycles. The van der Waals surface area contributed by atoms with Crippen molar-refractivity contribution in [3.63, 3.8) is 0 Å². The van der Waals surface area contributed by atoms with E-state index in [0.29, 0.717) is 0 Å². The van der Waals surface area contributed by atoms with Crippen LogP contribution in [0.25, 0.3) is 17.2 Å². The maximum absolute atomic E-state index is 5.37. The molecule has 2 rings (SSSR count). The van der Waals surface area contributed by atoms with Gasteiger partial charge >= 0.3 is 0 Å². The summed E-state index contributed by atoms with van der Waals surface area (Å²) in [6.07, 6.45) is 1.58. The van der Waals surface area contributed by atoms with E-state index in [9.17, 15) is 0 Å². The molecule has 2 radical (unpaired) electrons. The second-order valence-corrected chi connectivity index (χ2v) is 4.01. The largest absolute Gasteiger partial charge is 0.152 e. The zero-order valence-corrected chi connectivity index (χ0v) is 7.91. The molecule has 0 saturated carbocycles. The molecule has 0 aliphatic carbocycles. The topological polar surface area (TPSA) is 0 Å². The SMILES string of the molecule is [CH]=Cc1[c]c(-c2ccsc2)cs1. The van der Waals surface area contributed by atoms with Gasteiger partial charge in [-0.1, -0.05) is 6.58 Å². The molecule has 0 aliphatic rings. The minimum absolute atomic E-state index is 0.996. The van der Waals surface area contributed by atoms with Crippen molar-refractivity contribution in [3.05, 3.63) is 39.7 Å². The Balaban J connectivity index is 2.41. The van der Waals surface area contributed by atoms with Crippen LogP contribution in [-0.4, -0.2) is 0 Å². The summed E-state index contributed by atoms with van der Waals surface area (Å²) < 4.78 is 0. The van der Waals surface area contributed by atoms with Crippen molar-refractivity contribution >= 4 is 28.7 Å². The molecule has 58 valence electrons. The zero-order valence-electron chi connectivity index (χ0n) is 6.28. The molecule has 2 heteroatoms. The Morgan fingerprint density at radius 2 is 2.33 bits per heavy atom. The fourth-order valence-corrected chi connectivity index (χ4v) is 2.30. The standard InChI is InChI=1S/C10H6S2/c1-2-10-5-9(7-12-10)8-3-4-11-6-8/h1-4,6-7H. The lowest BCUT2D eigenvalue weighted by molar-refractivity contribution is 1.80. The van der Waals surface area contributed by atoms with Gasteiger partial charge in [0.15, 0.2) is 0 Å². The van der Waals surface area contributed by atoms with E-state index in [1.54, 1.807) is 28.7 Å². The van der Waals surface area contributed by atoms with Crippen molar-refractivity contribution in [2.45, 2.75) is 0 Å². The molecule has 2 aromatic rings. The van der Waals surface area contributed by atoms with E-state index in [4.69, 9.17) is 6.58 Å². The molecule has 0 amide bonds. The zero-order chi connectivity index (χ0) is 8.39. The predicted molar refractivity (Wildman–Crippen MR) is 55.2 cm³/mol. The van der Waals surface area contributed by atoms with Crippen LogP contribution < -0.4 is 0 Å². The molecule has 0 fully saturated rings.